The van der Waals surface area contributed by atoms with E-state index in [1.807, 2.05) is 47.8 Å². The number of anilines is 1. The minimum atomic E-state index is -0.419. The van der Waals surface area contributed by atoms with Crippen LogP contribution in [0.3, 0.4) is 0 Å². The number of benzene rings is 2. The van der Waals surface area contributed by atoms with Crippen LogP contribution in [0.25, 0.3) is 10.1 Å². The third-order valence-electron chi connectivity index (χ3n) is 5.64. The number of rotatable bonds is 7. The molecule has 2 heterocycles. The number of halogens is 1. The Labute approximate surface area is 199 Å². The first-order valence-electron chi connectivity index (χ1n) is 10.5. The van der Waals surface area contributed by atoms with Crippen molar-refractivity contribution in [1.29, 1.82) is 0 Å². The predicted molar refractivity (Wildman–Crippen MR) is 134 cm³/mol. The van der Waals surface area contributed by atoms with E-state index in [1.165, 1.54) is 5.39 Å². The molecule has 0 aliphatic carbocycles. The number of hydrogen-bond donors (Lipinski definition) is 1. The van der Waals surface area contributed by atoms with Crippen LogP contribution in [0.5, 0.6) is 0 Å². The predicted octanol–water partition coefficient (Wildman–Crippen LogP) is 6.04. The van der Waals surface area contributed by atoms with E-state index in [0.29, 0.717) is 6.61 Å². The zero-order valence-electron chi connectivity index (χ0n) is 17.2. The summed E-state index contributed by atoms with van der Waals surface area (Å²) in [7, 11) is 0. The number of Topliss-reactive ketones (excluding diaryl/α,β-unsaturated/α-hetero) is 1. The van der Waals surface area contributed by atoms with Gasteiger partial charge in [-0.05, 0) is 96.0 Å². The first-order chi connectivity index (χ1) is 15.1. The van der Waals surface area contributed by atoms with Gasteiger partial charge in [-0.25, -0.2) is 4.79 Å². The van der Waals surface area contributed by atoms with Crippen molar-refractivity contribution in [3.8, 4) is 0 Å². The van der Waals surface area contributed by atoms with E-state index < -0.39 is 6.09 Å². The van der Waals surface area contributed by atoms with E-state index in [1.54, 1.807) is 11.3 Å². The van der Waals surface area contributed by atoms with Gasteiger partial charge in [-0.2, -0.15) is 0 Å². The molecule has 2 aromatic carbocycles. The van der Waals surface area contributed by atoms with Crippen LogP contribution in [0.2, 0.25) is 0 Å². The largest absolute Gasteiger partial charge is 0.449 e. The zero-order valence-corrected chi connectivity index (χ0v) is 20.2. The van der Waals surface area contributed by atoms with Crippen LogP contribution < -0.4 is 5.32 Å². The number of ketones is 1. The average molecular weight is 548 g/mol. The highest BCUT2D eigenvalue weighted by Crippen LogP contribution is 2.24. The van der Waals surface area contributed by atoms with Gasteiger partial charge in [0.25, 0.3) is 0 Å². The Morgan fingerprint density at radius 3 is 2.65 bits per heavy atom. The Kier molecular flexibility index (Phi) is 7.58. The Morgan fingerprint density at radius 1 is 1.10 bits per heavy atom. The lowest BCUT2D eigenvalue weighted by molar-refractivity contribution is 0.0830. The lowest BCUT2D eigenvalue weighted by atomic mass is 9.89. The Balaban J connectivity index is 1.13. The Hall–Kier alpha value is -1.97. The molecule has 5 nitrogen and oxygen atoms in total. The lowest BCUT2D eigenvalue weighted by Crippen LogP contribution is -2.37. The third-order valence-corrected chi connectivity index (χ3v) is 7.24. The number of carbonyl (C=O) groups is 2. The normalized spacial score (nSPS) is 15.1. The van der Waals surface area contributed by atoms with E-state index in [9.17, 15) is 9.59 Å². The molecule has 1 amide bonds. The van der Waals surface area contributed by atoms with Gasteiger partial charge in [0.2, 0.25) is 0 Å². The Bertz CT molecular complexity index is 1040. The summed E-state index contributed by atoms with van der Waals surface area (Å²) in [6.07, 6.45) is 2.14. The number of likely N-dealkylation sites (tertiary alicyclic amines) is 1. The second-order valence-electron chi connectivity index (χ2n) is 7.77. The first kappa shape index (κ1) is 22.2. The molecule has 3 aromatic rings. The fourth-order valence-corrected chi connectivity index (χ4v) is 5.10. The molecule has 1 N–H and O–H groups in total. The summed E-state index contributed by atoms with van der Waals surface area (Å²) in [4.78, 5) is 27.1. The van der Waals surface area contributed by atoms with Gasteiger partial charge in [0.1, 0.15) is 0 Å². The van der Waals surface area contributed by atoms with Crippen molar-refractivity contribution in [1.82, 2.24) is 4.90 Å². The van der Waals surface area contributed by atoms with Gasteiger partial charge in [-0.3, -0.25) is 10.1 Å². The zero-order chi connectivity index (χ0) is 21.6. The quantitative estimate of drug-likeness (QED) is 0.222. The number of hydrogen-bond acceptors (Lipinski definition) is 5. The van der Waals surface area contributed by atoms with Gasteiger partial charge in [-0.15, -0.1) is 11.3 Å². The summed E-state index contributed by atoms with van der Waals surface area (Å²) in [5.41, 5.74) is 1.57. The van der Waals surface area contributed by atoms with Crippen LogP contribution in [0.4, 0.5) is 10.5 Å². The van der Waals surface area contributed by atoms with Crippen molar-refractivity contribution < 1.29 is 14.3 Å². The molecule has 1 aliphatic heterocycles. The van der Waals surface area contributed by atoms with Crippen molar-refractivity contribution in [2.24, 2.45) is 5.92 Å². The average Bonchev–Trinajstić information content (AvgIpc) is 3.25. The molecule has 1 fully saturated rings. The fourth-order valence-electron chi connectivity index (χ4n) is 3.91. The van der Waals surface area contributed by atoms with Crippen LogP contribution in [0.1, 0.15) is 29.6 Å². The monoisotopic (exact) mass is 548 g/mol. The summed E-state index contributed by atoms with van der Waals surface area (Å²) in [5, 5.41) is 6.00. The molecule has 1 saturated heterocycles. The molecule has 0 bridgehead atoms. The number of piperidine rings is 1. The molecule has 0 unspecified atom stereocenters. The highest BCUT2D eigenvalue weighted by Gasteiger charge is 2.25. The number of carbonyl (C=O) groups excluding carboxylic acids is 2. The maximum Gasteiger partial charge on any atom is 0.411 e. The molecular formula is C24H25IN2O3S. The molecule has 31 heavy (non-hydrogen) atoms. The summed E-state index contributed by atoms with van der Waals surface area (Å²) in [5.74, 6) is 0.371. The molecule has 1 aliphatic rings. The topological polar surface area (TPSA) is 58.6 Å². The first-order valence-corrected chi connectivity index (χ1v) is 12.5. The smallest absolute Gasteiger partial charge is 0.411 e. The van der Waals surface area contributed by atoms with Gasteiger partial charge in [-0.1, -0.05) is 18.2 Å². The molecule has 162 valence electrons. The standard InChI is InChI=1S/C24H25IN2O3S/c25-20-5-2-18(3-6-20)23(28)19-8-12-27(13-9-19)11-1-14-30-24(29)26-21-7-4-17-10-15-31-22(17)16-21/h2-7,10,15-16,19H,1,8-9,11-14H2,(H,26,29). The van der Waals surface area contributed by atoms with Crippen molar-refractivity contribution in [3.63, 3.8) is 0 Å². The lowest BCUT2D eigenvalue weighted by Gasteiger charge is -2.31. The summed E-state index contributed by atoms with van der Waals surface area (Å²) in [6, 6.07) is 15.7. The van der Waals surface area contributed by atoms with E-state index in [-0.39, 0.29) is 11.7 Å². The van der Waals surface area contributed by atoms with Crippen LogP contribution >= 0.6 is 33.9 Å². The summed E-state index contributed by atoms with van der Waals surface area (Å²) < 4.78 is 7.61. The second-order valence-corrected chi connectivity index (χ2v) is 9.97. The van der Waals surface area contributed by atoms with E-state index >= 15 is 0 Å². The second kappa shape index (κ2) is 10.6. The van der Waals surface area contributed by atoms with Crippen LogP contribution in [0.15, 0.2) is 53.9 Å². The van der Waals surface area contributed by atoms with E-state index in [0.717, 1.165) is 58.4 Å². The van der Waals surface area contributed by atoms with Crippen LogP contribution in [0, 0.1) is 9.49 Å². The number of amides is 1. The molecule has 7 heteroatoms. The van der Waals surface area contributed by atoms with Crippen LogP contribution in [-0.2, 0) is 4.74 Å². The number of nitrogens with zero attached hydrogens (tertiary/aromatic N) is 1. The van der Waals surface area contributed by atoms with E-state index in [4.69, 9.17) is 4.74 Å². The summed E-state index contributed by atoms with van der Waals surface area (Å²) in [6.45, 7) is 3.08. The number of thiophene rings is 1. The molecule has 4 rings (SSSR count). The SMILES string of the molecule is O=C(Nc1ccc2ccsc2c1)OCCCN1CCC(C(=O)c2ccc(I)cc2)CC1. The molecule has 0 radical (unpaired) electrons. The van der Waals surface area contributed by atoms with Crippen molar-refractivity contribution in [3.05, 3.63) is 63.0 Å². The number of ether oxygens (including phenoxy) is 1. The molecule has 0 saturated carbocycles. The fraction of sp³-hybridized carbons (Fsp3) is 0.333. The van der Waals surface area contributed by atoms with Crippen molar-refractivity contribution >= 4 is 61.6 Å². The molecular weight excluding hydrogens is 523 g/mol. The third kappa shape index (κ3) is 6.05. The molecule has 0 spiro atoms. The Morgan fingerprint density at radius 2 is 1.87 bits per heavy atom. The summed E-state index contributed by atoms with van der Waals surface area (Å²) >= 11 is 3.90. The minimum absolute atomic E-state index is 0.110. The molecule has 0 atom stereocenters. The number of nitrogens with one attached hydrogen (secondary N) is 1. The van der Waals surface area contributed by atoms with Crippen LogP contribution in [-0.4, -0.2) is 43.0 Å². The minimum Gasteiger partial charge on any atom is -0.449 e. The van der Waals surface area contributed by atoms with Gasteiger partial charge >= 0.3 is 6.09 Å². The maximum absolute atomic E-state index is 12.7. The maximum atomic E-state index is 12.7. The molecule has 1 aromatic heterocycles. The van der Waals surface area contributed by atoms with Gasteiger partial charge in [0, 0.05) is 32.0 Å². The number of fused-ring (bicyclic) bond motifs is 1. The van der Waals surface area contributed by atoms with Gasteiger partial charge in [0.05, 0.1) is 6.61 Å². The highest BCUT2D eigenvalue weighted by molar-refractivity contribution is 14.1. The van der Waals surface area contributed by atoms with E-state index in [2.05, 4.69) is 38.9 Å². The van der Waals surface area contributed by atoms with Gasteiger partial charge < -0.3 is 9.64 Å². The van der Waals surface area contributed by atoms with Crippen molar-refractivity contribution in [2.45, 2.75) is 19.3 Å². The van der Waals surface area contributed by atoms with Crippen molar-refractivity contribution in [2.75, 3.05) is 31.6 Å². The van der Waals surface area contributed by atoms with Gasteiger partial charge in [0.15, 0.2) is 5.78 Å². The highest BCUT2D eigenvalue weighted by atomic mass is 127.